The van der Waals surface area contributed by atoms with Gasteiger partial charge in [0.25, 0.3) is 0 Å². The van der Waals surface area contributed by atoms with Crippen LogP contribution < -0.4 is 11.1 Å². The molecule has 3 N–H and O–H groups in total. The van der Waals surface area contributed by atoms with Crippen LogP contribution in [0.2, 0.25) is 0 Å². The number of ether oxygens (including phenoxy) is 1. The summed E-state index contributed by atoms with van der Waals surface area (Å²) in [5, 5.41) is 7.09. The number of nitrogen functional groups attached to an aromatic ring is 1. The highest BCUT2D eigenvalue weighted by Crippen LogP contribution is 2.20. The van der Waals surface area contributed by atoms with E-state index in [0.29, 0.717) is 24.4 Å². The second kappa shape index (κ2) is 6.39. The van der Waals surface area contributed by atoms with Crippen LogP contribution in [0.5, 0.6) is 0 Å². The maximum atomic E-state index is 11.4. The standard InChI is InChI=1S/C16H19N3O3/c1-16(2,3)21-15(20)18-9-5-4-6-11-7-8-13-12(10-11)14(17)19-22-13/h7-8,10H,5,9H2,1-3H3,(H2,17,19)(H,18,20). The van der Waals surface area contributed by atoms with Crippen molar-refractivity contribution in [1.29, 1.82) is 0 Å². The van der Waals surface area contributed by atoms with Gasteiger partial charge in [0.15, 0.2) is 11.4 Å². The molecule has 0 saturated carbocycles. The van der Waals surface area contributed by atoms with Crippen LogP contribution in [0.3, 0.4) is 0 Å². The van der Waals surface area contributed by atoms with Crippen molar-refractivity contribution in [3.05, 3.63) is 23.8 Å². The third-order valence-electron chi connectivity index (χ3n) is 2.65. The van der Waals surface area contributed by atoms with Gasteiger partial charge in [0.1, 0.15) is 5.60 Å². The molecule has 0 radical (unpaired) electrons. The van der Waals surface area contributed by atoms with Crippen LogP contribution in [-0.2, 0) is 4.74 Å². The van der Waals surface area contributed by atoms with Crippen molar-refractivity contribution in [2.24, 2.45) is 0 Å². The number of nitrogens with two attached hydrogens (primary N) is 1. The second-order valence-electron chi connectivity index (χ2n) is 5.76. The van der Waals surface area contributed by atoms with Crippen molar-refractivity contribution in [3.63, 3.8) is 0 Å². The van der Waals surface area contributed by atoms with Crippen LogP contribution in [0.1, 0.15) is 32.8 Å². The van der Waals surface area contributed by atoms with Crippen LogP contribution in [0.25, 0.3) is 11.0 Å². The Balaban J connectivity index is 1.85. The van der Waals surface area contributed by atoms with Crippen LogP contribution >= 0.6 is 0 Å². The molecule has 22 heavy (non-hydrogen) atoms. The SMILES string of the molecule is CC(C)(C)OC(=O)NCCC#Cc1ccc2onc(N)c2c1. The summed E-state index contributed by atoms with van der Waals surface area (Å²) in [5.41, 5.74) is 6.65. The molecule has 0 fully saturated rings. The largest absolute Gasteiger partial charge is 0.444 e. The number of nitrogens with zero attached hydrogens (tertiary/aromatic N) is 1. The number of carbonyl (C=O) groups excluding carboxylic acids is 1. The number of carbonyl (C=O) groups is 1. The van der Waals surface area contributed by atoms with Gasteiger partial charge in [0.05, 0.1) is 5.39 Å². The summed E-state index contributed by atoms with van der Waals surface area (Å²) in [6.45, 7) is 5.89. The van der Waals surface area contributed by atoms with E-state index >= 15 is 0 Å². The number of nitrogens with one attached hydrogen (secondary N) is 1. The summed E-state index contributed by atoms with van der Waals surface area (Å²) in [6, 6.07) is 5.44. The minimum absolute atomic E-state index is 0.352. The molecule has 0 bridgehead atoms. The number of fused-ring (bicyclic) bond motifs is 1. The third-order valence-corrected chi connectivity index (χ3v) is 2.65. The molecule has 6 nitrogen and oxygen atoms in total. The van der Waals surface area contributed by atoms with Gasteiger partial charge in [-0.05, 0) is 39.0 Å². The smallest absolute Gasteiger partial charge is 0.407 e. The first-order chi connectivity index (χ1) is 10.3. The van der Waals surface area contributed by atoms with Gasteiger partial charge in [0, 0.05) is 18.5 Å². The number of hydrogen-bond donors (Lipinski definition) is 2. The molecular weight excluding hydrogens is 282 g/mol. The van der Waals surface area contributed by atoms with Crippen molar-refractivity contribution in [2.45, 2.75) is 32.8 Å². The van der Waals surface area contributed by atoms with E-state index in [1.165, 1.54) is 0 Å². The minimum Gasteiger partial charge on any atom is -0.444 e. The first-order valence-corrected chi connectivity index (χ1v) is 6.96. The topological polar surface area (TPSA) is 90.4 Å². The Kier molecular flexibility index (Phi) is 4.56. The Morgan fingerprint density at radius 3 is 2.95 bits per heavy atom. The van der Waals surface area contributed by atoms with Gasteiger partial charge in [-0.2, -0.15) is 0 Å². The molecule has 0 aliphatic carbocycles. The van der Waals surface area contributed by atoms with Gasteiger partial charge < -0.3 is 20.3 Å². The Morgan fingerprint density at radius 1 is 1.45 bits per heavy atom. The maximum Gasteiger partial charge on any atom is 0.407 e. The minimum atomic E-state index is -0.496. The average molecular weight is 301 g/mol. The van der Waals surface area contributed by atoms with Crippen LogP contribution in [0, 0.1) is 11.8 Å². The van der Waals surface area contributed by atoms with E-state index in [1.807, 2.05) is 32.9 Å². The lowest BCUT2D eigenvalue weighted by Gasteiger charge is -2.19. The summed E-state index contributed by atoms with van der Waals surface area (Å²) < 4.78 is 10.2. The molecule has 2 rings (SSSR count). The maximum absolute atomic E-state index is 11.4. The molecule has 0 aliphatic rings. The van der Waals surface area contributed by atoms with Crippen LogP contribution in [0.4, 0.5) is 10.6 Å². The van der Waals surface area contributed by atoms with E-state index in [2.05, 4.69) is 22.3 Å². The molecule has 0 spiro atoms. The van der Waals surface area contributed by atoms with E-state index < -0.39 is 11.7 Å². The number of alkyl carbamates (subject to hydrolysis) is 1. The van der Waals surface area contributed by atoms with E-state index in [1.54, 1.807) is 6.07 Å². The Labute approximate surface area is 129 Å². The molecule has 0 saturated heterocycles. The molecule has 1 aromatic carbocycles. The lowest BCUT2D eigenvalue weighted by Crippen LogP contribution is -2.32. The predicted octanol–water partition coefficient (Wildman–Crippen LogP) is 2.68. The summed E-state index contributed by atoms with van der Waals surface area (Å²) in [6.07, 6.45) is 0.0871. The zero-order valence-corrected chi connectivity index (χ0v) is 12.9. The molecule has 0 unspecified atom stereocenters. The first kappa shape index (κ1) is 15.7. The van der Waals surface area contributed by atoms with Crippen molar-refractivity contribution < 1.29 is 14.1 Å². The lowest BCUT2D eigenvalue weighted by molar-refractivity contribution is 0.0529. The van der Waals surface area contributed by atoms with Crippen LogP contribution in [-0.4, -0.2) is 23.4 Å². The fraction of sp³-hybridized carbons (Fsp3) is 0.375. The van der Waals surface area contributed by atoms with E-state index in [-0.39, 0.29) is 0 Å². The van der Waals surface area contributed by atoms with Crippen molar-refractivity contribution in [2.75, 3.05) is 12.3 Å². The lowest BCUT2D eigenvalue weighted by atomic mass is 10.1. The average Bonchev–Trinajstić information content (AvgIpc) is 2.78. The molecule has 1 amide bonds. The predicted molar refractivity (Wildman–Crippen MR) is 84.2 cm³/mol. The molecule has 0 atom stereocenters. The highest BCUT2D eigenvalue weighted by molar-refractivity contribution is 5.87. The van der Waals surface area contributed by atoms with Gasteiger partial charge in [-0.3, -0.25) is 0 Å². The second-order valence-corrected chi connectivity index (χ2v) is 5.76. The summed E-state index contributed by atoms with van der Waals surface area (Å²) in [5.74, 6) is 6.34. The quantitative estimate of drug-likeness (QED) is 0.657. The zero-order chi connectivity index (χ0) is 16.2. The number of benzene rings is 1. The molecule has 116 valence electrons. The normalized spacial score (nSPS) is 10.9. The fourth-order valence-corrected chi connectivity index (χ4v) is 1.74. The highest BCUT2D eigenvalue weighted by atomic mass is 16.6. The number of aromatic nitrogens is 1. The first-order valence-electron chi connectivity index (χ1n) is 6.96. The molecule has 6 heteroatoms. The van der Waals surface area contributed by atoms with Gasteiger partial charge in [-0.25, -0.2) is 4.79 Å². The highest BCUT2D eigenvalue weighted by Gasteiger charge is 2.15. The Bertz CT molecular complexity index is 732. The van der Waals surface area contributed by atoms with Gasteiger partial charge in [-0.15, -0.1) is 0 Å². The van der Waals surface area contributed by atoms with Crippen molar-refractivity contribution in [3.8, 4) is 11.8 Å². The fourth-order valence-electron chi connectivity index (χ4n) is 1.74. The van der Waals surface area contributed by atoms with Crippen LogP contribution in [0.15, 0.2) is 22.7 Å². The van der Waals surface area contributed by atoms with E-state index in [9.17, 15) is 4.79 Å². The molecule has 2 aromatic rings. The number of rotatable bonds is 2. The zero-order valence-electron chi connectivity index (χ0n) is 12.9. The third kappa shape index (κ3) is 4.42. The van der Waals surface area contributed by atoms with E-state index in [0.717, 1.165) is 10.9 Å². The van der Waals surface area contributed by atoms with Gasteiger partial charge in [0.2, 0.25) is 0 Å². The van der Waals surface area contributed by atoms with Crippen molar-refractivity contribution >= 4 is 22.9 Å². The van der Waals surface area contributed by atoms with Crippen molar-refractivity contribution in [1.82, 2.24) is 10.5 Å². The summed E-state index contributed by atoms with van der Waals surface area (Å²) in [7, 11) is 0. The molecule has 0 aliphatic heterocycles. The Morgan fingerprint density at radius 2 is 2.23 bits per heavy atom. The molecular formula is C16H19N3O3. The number of amides is 1. The monoisotopic (exact) mass is 301 g/mol. The van der Waals surface area contributed by atoms with E-state index in [4.69, 9.17) is 15.0 Å². The summed E-state index contributed by atoms with van der Waals surface area (Å²) in [4.78, 5) is 11.4. The number of hydrogen-bond acceptors (Lipinski definition) is 5. The molecule has 1 heterocycles. The summed E-state index contributed by atoms with van der Waals surface area (Å²) >= 11 is 0. The van der Waals surface area contributed by atoms with Gasteiger partial charge in [-0.1, -0.05) is 17.0 Å². The molecule has 1 aromatic heterocycles. The van der Waals surface area contributed by atoms with Gasteiger partial charge >= 0.3 is 6.09 Å². The number of anilines is 1. The Hall–Kier alpha value is -2.68.